The van der Waals surface area contributed by atoms with Crippen LogP contribution in [0.2, 0.25) is 0 Å². The molecule has 2 heterocycles. The first-order chi connectivity index (χ1) is 15.5. The molecule has 0 radical (unpaired) electrons. The molecular formula is C22H31F3N2O6. The van der Waals surface area contributed by atoms with Crippen molar-refractivity contribution >= 4 is 11.9 Å². The van der Waals surface area contributed by atoms with Crippen molar-refractivity contribution in [1.82, 2.24) is 9.80 Å². The minimum Gasteiger partial charge on any atom is -0.490 e. The number of carboxylic acid groups (broad SMARTS) is 1. The first-order valence-corrected chi connectivity index (χ1v) is 10.7. The molecule has 1 saturated heterocycles. The predicted octanol–water partition coefficient (Wildman–Crippen LogP) is 2.91. The van der Waals surface area contributed by atoms with Gasteiger partial charge in [0.2, 0.25) is 0 Å². The van der Waals surface area contributed by atoms with E-state index in [0.717, 1.165) is 25.1 Å². The van der Waals surface area contributed by atoms with Crippen molar-refractivity contribution in [3.63, 3.8) is 0 Å². The summed E-state index contributed by atoms with van der Waals surface area (Å²) in [5, 5.41) is 7.12. The lowest BCUT2D eigenvalue weighted by molar-refractivity contribution is -0.192. The molecular weight excluding hydrogens is 445 g/mol. The van der Waals surface area contributed by atoms with Gasteiger partial charge in [-0.25, -0.2) is 4.79 Å². The Labute approximate surface area is 191 Å². The highest BCUT2D eigenvalue weighted by atomic mass is 19.4. The Bertz CT molecular complexity index is 803. The molecule has 2 aliphatic rings. The number of ether oxygens (including phenoxy) is 3. The van der Waals surface area contributed by atoms with Crippen LogP contribution in [-0.2, 0) is 9.53 Å². The van der Waals surface area contributed by atoms with Gasteiger partial charge >= 0.3 is 12.1 Å². The number of halogens is 3. The van der Waals surface area contributed by atoms with Gasteiger partial charge in [0.1, 0.15) is 0 Å². The van der Waals surface area contributed by atoms with Gasteiger partial charge in [0.05, 0.1) is 26.4 Å². The molecule has 0 unspecified atom stereocenters. The molecule has 1 N–H and O–H groups in total. The summed E-state index contributed by atoms with van der Waals surface area (Å²) in [4.78, 5) is 26.2. The minimum absolute atomic E-state index is 0.0356. The monoisotopic (exact) mass is 476 g/mol. The average molecular weight is 476 g/mol. The Hall–Kier alpha value is -2.53. The highest BCUT2D eigenvalue weighted by molar-refractivity contribution is 5.95. The minimum atomic E-state index is -5.08. The van der Waals surface area contributed by atoms with Crippen LogP contribution in [0.4, 0.5) is 13.2 Å². The molecule has 33 heavy (non-hydrogen) atoms. The lowest BCUT2D eigenvalue weighted by atomic mass is 9.96. The lowest BCUT2D eigenvalue weighted by Crippen LogP contribution is -2.43. The van der Waals surface area contributed by atoms with Crippen molar-refractivity contribution < 1.29 is 42.1 Å². The van der Waals surface area contributed by atoms with Crippen LogP contribution in [0.15, 0.2) is 18.2 Å². The quantitative estimate of drug-likeness (QED) is 0.715. The fraction of sp³-hybridized carbons (Fsp3) is 0.636. The summed E-state index contributed by atoms with van der Waals surface area (Å²) in [7, 11) is 4.14. The van der Waals surface area contributed by atoms with Crippen molar-refractivity contribution in [2.24, 2.45) is 5.92 Å². The Morgan fingerprint density at radius 2 is 1.79 bits per heavy atom. The van der Waals surface area contributed by atoms with E-state index < -0.39 is 12.1 Å². The summed E-state index contributed by atoms with van der Waals surface area (Å²) in [5.74, 6) is -1.00. The molecule has 0 aromatic heterocycles. The van der Waals surface area contributed by atoms with Crippen LogP contribution in [0.5, 0.6) is 11.5 Å². The lowest BCUT2D eigenvalue weighted by Gasteiger charge is -2.32. The zero-order chi connectivity index (χ0) is 24.6. The maximum absolute atomic E-state index is 13.2. The Kier molecular flexibility index (Phi) is 9.78. The van der Waals surface area contributed by atoms with Gasteiger partial charge in [-0.1, -0.05) is 0 Å². The molecule has 3 rings (SSSR count). The number of benzene rings is 1. The van der Waals surface area contributed by atoms with Gasteiger partial charge in [-0.05, 0) is 52.2 Å². The van der Waals surface area contributed by atoms with Gasteiger partial charge in [-0.3, -0.25) is 4.79 Å². The standard InChI is InChI=1S/C20H30N2O4.C2HF3O2/c1-15-17(7-8-21(2)3)14-24-12-9-22(15)20(23)16-5-6-18-19(13-16)26-11-4-10-25-18;3-2(4,5)1(6)7/h5-6,13,15,17H,4,7-12,14H2,1-3H3;(H,6,7)/t15-,17+;/m0./s1. The number of carbonyl (C=O) groups is 2. The first-order valence-electron chi connectivity index (χ1n) is 10.7. The van der Waals surface area contributed by atoms with Crippen molar-refractivity contribution in [2.75, 3.05) is 53.6 Å². The Morgan fingerprint density at radius 1 is 1.15 bits per heavy atom. The molecule has 1 aromatic rings. The second-order valence-electron chi connectivity index (χ2n) is 8.18. The van der Waals surface area contributed by atoms with Gasteiger partial charge in [0, 0.05) is 30.5 Å². The van der Waals surface area contributed by atoms with Gasteiger partial charge < -0.3 is 29.1 Å². The number of aliphatic carboxylic acids is 1. The van der Waals surface area contributed by atoms with Gasteiger partial charge in [-0.2, -0.15) is 13.2 Å². The third-order valence-corrected chi connectivity index (χ3v) is 5.43. The van der Waals surface area contributed by atoms with E-state index in [4.69, 9.17) is 24.1 Å². The van der Waals surface area contributed by atoms with Crippen molar-refractivity contribution in [1.29, 1.82) is 0 Å². The van der Waals surface area contributed by atoms with Crippen LogP contribution in [-0.4, -0.2) is 92.6 Å². The van der Waals surface area contributed by atoms with E-state index >= 15 is 0 Å². The fourth-order valence-electron chi connectivity index (χ4n) is 3.49. The molecule has 0 aliphatic carbocycles. The molecule has 2 atom stereocenters. The van der Waals surface area contributed by atoms with Crippen LogP contribution < -0.4 is 9.47 Å². The van der Waals surface area contributed by atoms with E-state index in [1.807, 2.05) is 23.1 Å². The van der Waals surface area contributed by atoms with Crippen molar-refractivity contribution in [2.45, 2.75) is 32.0 Å². The largest absolute Gasteiger partial charge is 0.490 e. The molecule has 1 amide bonds. The van der Waals surface area contributed by atoms with Crippen LogP contribution in [0, 0.1) is 5.92 Å². The molecule has 0 spiro atoms. The molecule has 11 heteroatoms. The highest BCUT2D eigenvalue weighted by Crippen LogP contribution is 2.31. The normalized spacial score (nSPS) is 20.9. The first kappa shape index (κ1) is 26.7. The van der Waals surface area contributed by atoms with Crippen molar-refractivity contribution in [3.8, 4) is 11.5 Å². The summed E-state index contributed by atoms with van der Waals surface area (Å²) in [6.45, 7) is 6.30. The van der Waals surface area contributed by atoms with E-state index in [1.54, 1.807) is 0 Å². The summed E-state index contributed by atoms with van der Waals surface area (Å²) in [6.07, 6.45) is -3.22. The molecule has 8 nitrogen and oxygen atoms in total. The maximum atomic E-state index is 13.2. The number of carboxylic acids is 1. The fourth-order valence-corrected chi connectivity index (χ4v) is 3.49. The SMILES string of the molecule is C[C@H]1[C@H](CCN(C)C)COCCN1C(=O)c1ccc2c(c1)OCCCO2.O=C(O)C(F)(F)F. The van der Waals surface area contributed by atoms with E-state index in [-0.39, 0.29) is 11.9 Å². The number of fused-ring (bicyclic) bond motifs is 1. The number of hydrogen-bond acceptors (Lipinski definition) is 6. The number of carbonyl (C=O) groups excluding carboxylic acids is 1. The second-order valence-corrected chi connectivity index (χ2v) is 8.18. The predicted molar refractivity (Wildman–Crippen MR) is 114 cm³/mol. The van der Waals surface area contributed by atoms with E-state index in [0.29, 0.717) is 50.2 Å². The smallest absolute Gasteiger partial charge is 0.490 e. The van der Waals surface area contributed by atoms with Crippen molar-refractivity contribution in [3.05, 3.63) is 23.8 Å². The highest BCUT2D eigenvalue weighted by Gasteiger charge is 2.38. The second kappa shape index (κ2) is 12.1. The van der Waals surface area contributed by atoms with Crippen LogP contribution in [0.25, 0.3) is 0 Å². The van der Waals surface area contributed by atoms with E-state index in [1.165, 1.54) is 0 Å². The molecule has 1 aromatic carbocycles. The number of rotatable bonds is 4. The van der Waals surface area contributed by atoms with Gasteiger partial charge in [0.25, 0.3) is 5.91 Å². The number of hydrogen-bond donors (Lipinski definition) is 1. The Morgan fingerprint density at radius 3 is 2.39 bits per heavy atom. The molecule has 2 aliphatic heterocycles. The summed E-state index contributed by atoms with van der Waals surface area (Å²) in [5.41, 5.74) is 0.648. The summed E-state index contributed by atoms with van der Waals surface area (Å²) >= 11 is 0. The van der Waals surface area contributed by atoms with Crippen LogP contribution in [0.1, 0.15) is 30.1 Å². The molecule has 0 saturated carbocycles. The van der Waals surface area contributed by atoms with Gasteiger partial charge in [0.15, 0.2) is 11.5 Å². The molecule has 186 valence electrons. The van der Waals surface area contributed by atoms with E-state index in [2.05, 4.69) is 25.9 Å². The van der Waals surface area contributed by atoms with Crippen LogP contribution >= 0.6 is 0 Å². The maximum Gasteiger partial charge on any atom is 0.490 e. The Balaban J connectivity index is 0.000000479. The molecule has 0 bridgehead atoms. The zero-order valence-corrected chi connectivity index (χ0v) is 19.1. The summed E-state index contributed by atoms with van der Waals surface area (Å²) in [6, 6.07) is 5.64. The summed E-state index contributed by atoms with van der Waals surface area (Å²) < 4.78 is 48.9. The van der Waals surface area contributed by atoms with E-state index in [9.17, 15) is 18.0 Å². The molecule has 1 fully saturated rings. The average Bonchev–Trinajstić information content (AvgIpc) is 3.09. The number of nitrogens with zero attached hydrogens (tertiary/aromatic N) is 2. The third kappa shape index (κ3) is 8.08. The topological polar surface area (TPSA) is 88.5 Å². The number of alkyl halides is 3. The van der Waals surface area contributed by atoms with Gasteiger partial charge in [-0.15, -0.1) is 0 Å². The number of amides is 1. The zero-order valence-electron chi connectivity index (χ0n) is 19.1. The van der Waals surface area contributed by atoms with Crippen LogP contribution in [0.3, 0.4) is 0 Å². The third-order valence-electron chi connectivity index (χ3n) is 5.43.